The van der Waals surface area contributed by atoms with Crippen molar-refractivity contribution in [2.45, 2.75) is 30.1 Å². The molecule has 0 saturated heterocycles. The Kier molecular flexibility index (Phi) is 10.0. The number of halogens is 2. The van der Waals surface area contributed by atoms with Crippen LogP contribution in [0.15, 0.2) is 96.2 Å². The zero-order valence-electron chi connectivity index (χ0n) is 23.3. The zero-order chi connectivity index (χ0) is 30.4. The molecule has 222 valence electrons. The fourth-order valence-electron chi connectivity index (χ4n) is 4.98. The van der Waals surface area contributed by atoms with Gasteiger partial charge in [-0.2, -0.15) is 0 Å². The number of rotatable bonds is 9. The van der Waals surface area contributed by atoms with Gasteiger partial charge in [-0.1, -0.05) is 35.3 Å². The summed E-state index contributed by atoms with van der Waals surface area (Å²) in [4.78, 5) is 33.1. The second-order valence-corrected chi connectivity index (χ2v) is 12.2. The Balaban J connectivity index is 1.41. The van der Waals surface area contributed by atoms with E-state index in [0.29, 0.717) is 56.7 Å². The standard InChI is InChI=1S/C32H29Cl2N3O5S/c1-41-32(42-19-20-43(40)26-14-17-35-18-15-26)16-4-5-23-21-24(33)10-13-29(23)37(32)31(39)22-8-11-25(12-9-22)36-30(38)27-6-2-3-7-28(27)34/h2-3,6-15,17-18,21H,4-5,16,19-20H2,1H3,(H,36,38). The Morgan fingerprint density at radius 3 is 2.51 bits per heavy atom. The maximum absolute atomic E-state index is 14.3. The molecule has 2 unspecified atom stereocenters. The van der Waals surface area contributed by atoms with E-state index >= 15 is 0 Å². The van der Waals surface area contributed by atoms with Crippen molar-refractivity contribution in [2.24, 2.45) is 0 Å². The van der Waals surface area contributed by atoms with E-state index in [2.05, 4.69) is 10.3 Å². The fourth-order valence-corrected chi connectivity index (χ4v) is 6.29. The fraction of sp³-hybridized carbons (Fsp3) is 0.219. The molecule has 2 atom stereocenters. The molecule has 43 heavy (non-hydrogen) atoms. The third-order valence-corrected chi connectivity index (χ3v) is 9.00. The molecule has 2 heterocycles. The molecule has 0 fully saturated rings. The van der Waals surface area contributed by atoms with Gasteiger partial charge in [0.05, 0.1) is 22.9 Å². The molecule has 0 bridgehead atoms. The lowest BCUT2D eigenvalue weighted by Gasteiger charge is -2.41. The molecule has 0 radical (unpaired) electrons. The van der Waals surface area contributed by atoms with Gasteiger partial charge < -0.3 is 19.3 Å². The van der Waals surface area contributed by atoms with Crippen LogP contribution < -0.4 is 10.2 Å². The van der Waals surface area contributed by atoms with E-state index in [4.69, 9.17) is 32.7 Å². The molecular formula is C32H29Cl2N3O5S. The number of fused-ring (bicyclic) bond motifs is 1. The normalized spacial score (nSPS) is 17.1. The van der Waals surface area contributed by atoms with Gasteiger partial charge in [-0.3, -0.25) is 19.5 Å². The van der Waals surface area contributed by atoms with Gasteiger partial charge in [0.1, 0.15) is 5.75 Å². The van der Waals surface area contributed by atoms with Crippen LogP contribution >= 0.6 is 23.2 Å². The highest BCUT2D eigenvalue weighted by Gasteiger charge is 2.45. The molecule has 5 rings (SSSR count). The van der Waals surface area contributed by atoms with Crippen LogP contribution in [-0.4, -0.2) is 46.7 Å². The summed E-state index contributed by atoms with van der Waals surface area (Å²) in [6, 6.07) is 22.1. The summed E-state index contributed by atoms with van der Waals surface area (Å²) in [5, 5.41) is 3.71. The second kappa shape index (κ2) is 13.9. The monoisotopic (exact) mass is 637 g/mol. The van der Waals surface area contributed by atoms with Gasteiger partial charge in [0, 0.05) is 54.3 Å². The Morgan fingerprint density at radius 2 is 1.79 bits per heavy atom. The average molecular weight is 639 g/mol. The Labute approximate surface area is 263 Å². The summed E-state index contributed by atoms with van der Waals surface area (Å²) in [5.41, 5.74) is 2.69. The van der Waals surface area contributed by atoms with Crippen LogP contribution in [0.2, 0.25) is 10.0 Å². The van der Waals surface area contributed by atoms with Crippen LogP contribution in [-0.2, 0) is 27.1 Å². The van der Waals surface area contributed by atoms with Crippen LogP contribution in [0.5, 0.6) is 0 Å². The quantitative estimate of drug-likeness (QED) is 0.161. The van der Waals surface area contributed by atoms with Crippen LogP contribution in [0.1, 0.15) is 39.1 Å². The number of ether oxygens (including phenoxy) is 2. The van der Waals surface area contributed by atoms with Crippen molar-refractivity contribution in [1.82, 2.24) is 4.98 Å². The number of carbonyl (C=O) groups excluding carboxylic acids is 2. The van der Waals surface area contributed by atoms with Crippen LogP contribution in [0.3, 0.4) is 0 Å². The number of aryl methyl sites for hydroxylation is 1. The van der Waals surface area contributed by atoms with Crippen molar-refractivity contribution in [3.05, 3.63) is 118 Å². The molecular weight excluding hydrogens is 609 g/mol. The van der Waals surface area contributed by atoms with Crippen molar-refractivity contribution >= 4 is 57.6 Å². The first kappa shape index (κ1) is 31.0. The zero-order valence-corrected chi connectivity index (χ0v) is 25.6. The molecule has 1 aromatic heterocycles. The first-order chi connectivity index (χ1) is 20.8. The number of carbonyl (C=O) groups is 2. The summed E-state index contributed by atoms with van der Waals surface area (Å²) in [7, 11) is 1.49. The molecule has 1 aliphatic rings. The van der Waals surface area contributed by atoms with E-state index in [9.17, 15) is 14.1 Å². The van der Waals surface area contributed by atoms with Crippen molar-refractivity contribution in [1.29, 1.82) is 0 Å². The van der Waals surface area contributed by atoms with E-state index in [1.165, 1.54) is 12.0 Å². The molecule has 3 aromatic carbocycles. The summed E-state index contributed by atoms with van der Waals surface area (Å²) in [5.74, 6) is -1.99. The van der Waals surface area contributed by atoms with Gasteiger partial charge in [-0.25, -0.2) is 0 Å². The summed E-state index contributed by atoms with van der Waals surface area (Å²) in [6.45, 7) is 0.0719. The van der Waals surface area contributed by atoms with Crippen LogP contribution in [0.4, 0.5) is 11.4 Å². The average Bonchev–Trinajstić information content (AvgIpc) is 3.18. The molecule has 11 heteroatoms. The number of methoxy groups -OCH3 is 1. The summed E-state index contributed by atoms with van der Waals surface area (Å²) in [6.07, 6.45) is 4.86. The number of anilines is 2. The molecule has 1 N–H and O–H groups in total. The van der Waals surface area contributed by atoms with Crippen molar-refractivity contribution < 1.29 is 23.6 Å². The lowest BCUT2D eigenvalue weighted by atomic mass is 10.1. The first-order valence-electron chi connectivity index (χ1n) is 13.6. The number of hydrogen-bond acceptors (Lipinski definition) is 6. The number of pyridine rings is 1. The highest BCUT2D eigenvalue weighted by atomic mass is 35.5. The van der Waals surface area contributed by atoms with Gasteiger partial charge in [0.2, 0.25) is 0 Å². The van der Waals surface area contributed by atoms with E-state index in [1.807, 2.05) is 6.07 Å². The van der Waals surface area contributed by atoms with Crippen molar-refractivity contribution in [3.8, 4) is 0 Å². The minimum Gasteiger partial charge on any atom is -0.611 e. The number of benzene rings is 3. The maximum Gasteiger partial charge on any atom is 0.262 e. The Morgan fingerprint density at radius 1 is 1.05 bits per heavy atom. The summed E-state index contributed by atoms with van der Waals surface area (Å²) < 4.78 is 25.2. The van der Waals surface area contributed by atoms with Gasteiger partial charge in [-0.15, -0.1) is 0 Å². The molecule has 0 spiro atoms. The minimum absolute atomic E-state index is 0.0719. The van der Waals surface area contributed by atoms with E-state index < -0.39 is 17.1 Å². The summed E-state index contributed by atoms with van der Waals surface area (Å²) >= 11 is 11.2. The van der Waals surface area contributed by atoms with Gasteiger partial charge in [0.15, 0.2) is 4.90 Å². The number of nitrogens with zero attached hydrogens (tertiary/aromatic N) is 2. The van der Waals surface area contributed by atoms with Crippen LogP contribution in [0, 0.1) is 0 Å². The Bertz CT molecular complexity index is 1590. The van der Waals surface area contributed by atoms with E-state index in [1.54, 1.807) is 85.2 Å². The van der Waals surface area contributed by atoms with Crippen LogP contribution in [0.25, 0.3) is 0 Å². The molecule has 4 aromatic rings. The van der Waals surface area contributed by atoms with E-state index in [0.717, 1.165) is 5.56 Å². The lowest BCUT2D eigenvalue weighted by molar-refractivity contribution is -0.217. The SMILES string of the molecule is COC1(OCC[S+]([O-])c2ccncc2)CCCc2cc(Cl)ccc2N1C(=O)c1ccc(NC(=O)c2ccccc2Cl)cc1. The molecule has 1 aliphatic heterocycles. The van der Waals surface area contributed by atoms with Crippen molar-refractivity contribution in [3.63, 3.8) is 0 Å². The highest BCUT2D eigenvalue weighted by molar-refractivity contribution is 7.91. The number of hydrogen-bond donors (Lipinski definition) is 1. The molecule has 8 nitrogen and oxygen atoms in total. The molecule has 2 amide bonds. The lowest BCUT2D eigenvalue weighted by Crippen LogP contribution is -2.56. The predicted octanol–water partition coefficient (Wildman–Crippen LogP) is 6.75. The number of nitrogens with one attached hydrogen (secondary N) is 1. The minimum atomic E-state index is -1.46. The van der Waals surface area contributed by atoms with E-state index in [-0.39, 0.29) is 24.2 Å². The third kappa shape index (κ3) is 7.04. The van der Waals surface area contributed by atoms with Gasteiger partial charge in [-0.05, 0) is 84.2 Å². The smallest absolute Gasteiger partial charge is 0.262 e. The maximum atomic E-state index is 14.3. The number of amides is 2. The second-order valence-electron chi connectivity index (χ2n) is 9.78. The number of aromatic nitrogens is 1. The molecule has 0 saturated carbocycles. The highest BCUT2D eigenvalue weighted by Crippen LogP contribution is 2.39. The van der Waals surface area contributed by atoms with Crippen molar-refractivity contribution in [2.75, 3.05) is 29.7 Å². The largest absolute Gasteiger partial charge is 0.611 e. The molecule has 0 aliphatic carbocycles. The first-order valence-corrected chi connectivity index (χ1v) is 15.7. The third-order valence-electron chi connectivity index (χ3n) is 7.10. The topological polar surface area (TPSA) is 104 Å². The Hall–Kier alpha value is -3.44. The van der Waals surface area contributed by atoms with Gasteiger partial charge in [0.25, 0.3) is 17.7 Å². The predicted molar refractivity (Wildman–Crippen MR) is 168 cm³/mol. The van der Waals surface area contributed by atoms with Gasteiger partial charge >= 0.3 is 0 Å².